The predicted molar refractivity (Wildman–Crippen MR) is 90.9 cm³/mol. The van der Waals surface area contributed by atoms with E-state index in [4.69, 9.17) is 13.9 Å². The first kappa shape index (κ1) is 17.2. The molecule has 1 aliphatic heterocycles. The standard InChI is InChI=1S/C16H25BrO3Si/c1-15(2,3)21(4,5)20-12-16(18-10-11-19-16)13-6-8-14(17)9-7-13/h6-9H,10-12H2,1-5H3. The van der Waals surface area contributed by atoms with Gasteiger partial charge in [-0.25, -0.2) is 0 Å². The Bertz CT molecular complexity index is 473. The largest absolute Gasteiger partial charge is 0.411 e. The number of benzene rings is 1. The van der Waals surface area contributed by atoms with Gasteiger partial charge in [0.1, 0.15) is 0 Å². The van der Waals surface area contributed by atoms with E-state index in [0.717, 1.165) is 10.0 Å². The second kappa shape index (κ2) is 6.12. The Morgan fingerprint density at radius 1 is 1.14 bits per heavy atom. The minimum atomic E-state index is -1.83. The summed E-state index contributed by atoms with van der Waals surface area (Å²) in [4.78, 5) is 0. The number of hydrogen-bond donors (Lipinski definition) is 0. The maximum atomic E-state index is 6.34. The predicted octanol–water partition coefficient (Wildman–Crippen LogP) is 4.67. The molecule has 3 nitrogen and oxygen atoms in total. The minimum absolute atomic E-state index is 0.173. The van der Waals surface area contributed by atoms with Crippen molar-refractivity contribution < 1.29 is 13.9 Å². The van der Waals surface area contributed by atoms with Gasteiger partial charge in [-0.3, -0.25) is 0 Å². The van der Waals surface area contributed by atoms with Gasteiger partial charge >= 0.3 is 0 Å². The highest BCUT2D eigenvalue weighted by Gasteiger charge is 2.44. The Kier molecular flexibility index (Phi) is 5.00. The lowest BCUT2D eigenvalue weighted by Crippen LogP contribution is -2.45. The first-order valence-electron chi connectivity index (χ1n) is 7.34. The summed E-state index contributed by atoms with van der Waals surface area (Å²) >= 11 is 3.46. The van der Waals surface area contributed by atoms with Crippen molar-refractivity contribution in [1.82, 2.24) is 0 Å². The molecule has 0 N–H and O–H groups in total. The van der Waals surface area contributed by atoms with Gasteiger partial charge in [-0.2, -0.15) is 0 Å². The lowest BCUT2D eigenvalue weighted by Gasteiger charge is -2.39. The third kappa shape index (κ3) is 3.77. The highest BCUT2D eigenvalue weighted by atomic mass is 79.9. The van der Waals surface area contributed by atoms with E-state index in [1.54, 1.807) is 0 Å². The molecule has 0 aliphatic carbocycles. The van der Waals surface area contributed by atoms with Crippen LogP contribution >= 0.6 is 15.9 Å². The Labute approximate surface area is 137 Å². The second-order valence-corrected chi connectivity index (χ2v) is 12.7. The van der Waals surface area contributed by atoms with Crippen LogP contribution in [0.25, 0.3) is 0 Å². The van der Waals surface area contributed by atoms with Crippen LogP contribution in [0.4, 0.5) is 0 Å². The van der Waals surface area contributed by atoms with Crippen LogP contribution in [0.2, 0.25) is 18.1 Å². The molecule has 1 heterocycles. The molecule has 1 aromatic carbocycles. The molecule has 1 fully saturated rings. The van der Waals surface area contributed by atoms with Crippen molar-refractivity contribution >= 4 is 24.2 Å². The van der Waals surface area contributed by atoms with E-state index in [1.807, 2.05) is 24.3 Å². The summed E-state index contributed by atoms with van der Waals surface area (Å²) in [7, 11) is -1.83. The summed E-state index contributed by atoms with van der Waals surface area (Å²) in [6.07, 6.45) is 0. The molecule has 1 aliphatic rings. The van der Waals surface area contributed by atoms with E-state index in [-0.39, 0.29) is 5.04 Å². The molecule has 0 unspecified atom stereocenters. The number of hydrogen-bond acceptors (Lipinski definition) is 3. The van der Waals surface area contributed by atoms with Crippen molar-refractivity contribution in [2.24, 2.45) is 0 Å². The van der Waals surface area contributed by atoms with Crippen molar-refractivity contribution in [3.63, 3.8) is 0 Å². The zero-order chi connectivity index (χ0) is 15.7. The fourth-order valence-electron chi connectivity index (χ4n) is 1.98. The van der Waals surface area contributed by atoms with E-state index >= 15 is 0 Å². The van der Waals surface area contributed by atoms with Gasteiger partial charge in [0.2, 0.25) is 5.79 Å². The molecule has 5 heteroatoms. The molecule has 0 radical (unpaired) electrons. The molecule has 0 amide bonds. The summed E-state index contributed by atoms with van der Waals surface area (Å²) in [5.74, 6) is -0.754. The Morgan fingerprint density at radius 3 is 2.14 bits per heavy atom. The average molecular weight is 373 g/mol. The van der Waals surface area contributed by atoms with Crippen LogP contribution < -0.4 is 0 Å². The number of halogens is 1. The lowest BCUT2D eigenvalue weighted by atomic mass is 10.1. The first-order chi connectivity index (χ1) is 9.66. The molecule has 1 aromatic rings. The molecular formula is C16H25BrO3Si. The summed E-state index contributed by atoms with van der Waals surface area (Å²) in [5.41, 5.74) is 1.02. The van der Waals surface area contributed by atoms with Crippen LogP contribution in [0.15, 0.2) is 28.7 Å². The molecule has 0 bridgehead atoms. The highest BCUT2D eigenvalue weighted by Crippen LogP contribution is 2.39. The molecule has 0 saturated carbocycles. The second-order valence-electron chi connectivity index (χ2n) is 7.01. The van der Waals surface area contributed by atoms with Crippen LogP contribution in [-0.2, 0) is 19.7 Å². The summed E-state index contributed by atoms with van der Waals surface area (Å²) in [6, 6.07) is 8.08. The van der Waals surface area contributed by atoms with E-state index in [1.165, 1.54) is 0 Å². The Morgan fingerprint density at radius 2 is 1.67 bits per heavy atom. The quantitative estimate of drug-likeness (QED) is 0.718. The van der Waals surface area contributed by atoms with Crippen molar-refractivity contribution in [2.75, 3.05) is 19.8 Å². The van der Waals surface area contributed by atoms with Gasteiger partial charge in [0.25, 0.3) is 0 Å². The normalized spacial score (nSPS) is 19.0. The first-order valence-corrected chi connectivity index (χ1v) is 11.0. The maximum absolute atomic E-state index is 6.34. The molecule has 1 saturated heterocycles. The van der Waals surface area contributed by atoms with Gasteiger partial charge in [-0.1, -0.05) is 48.8 Å². The van der Waals surface area contributed by atoms with E-state index < -0.39 is 14.1 Å². The van der Waals surface area contributed by atoms with Gasteiger partial charge in [-0.15, -0.1) is 0 Å². The lowest BCUT2D eigenvalue weighted by molar-refractivity contribution is -0.188. The topological polar surface area (TPSA) is 27.7 Å². The van der Waals surface area contributed by atoms with E-state index in [0.29, 0.717) is 19.8 Å². The van der Waals surface area contributed by atoms with Gasteiger partial charge in [-0.05, 0) is 30.3 Å². The van der Waals surface area contributed by atoms with Crippen molar-refractivity contribution in [1.29, 1.82) is 0 Å². The molecule has 118 valence electrons. The molecule has 21 heavy (non-hydrogen) atoms. The Hall–Kier alpha value is -0.203. The summed E-state index contributed by atoms with van der Waals surface area (Å²) < 4.78 is 19.3. The van der Waals surface area contributed by atoms with Crippen LogP contribution in [0.1, 0.15) is 26.3 Å². The zero-order valence-corrected chi connectivity index (χ0v) is 16.1. The molecule has 0 atom stereocenters. The Balaban J connectivity index is 2.18. The van der Waals surface area contributed by atoms with Crippen LogP contribution in [-0.4, -0.2) is 28.1 Å². The molecular weight excluding hydrogens is 348 g/mol. The molecule has 0 spiro atoms. The summed E-state index contributed by atoms with van der Waals surface area (Å²) in [6.45, 7) is 12.9. The third-order valence-corrected chi connectivity index (χ3v) is 9.47. The van der Waals surface area contributed by atoms with Gasteiger partial charge in [0, 0.05) is 10.0 Å². The summed E-state index contributed by atoms with van der Waals surface area (Å²) in [5, 5.41) is 0.173. The van der Waals surface area contributed by atoms with Crippen LogP contribution in [0.5, 0.6) is 0 Å². The van der Waals surface area contributed by atoms with Gasteiger partial charge < -0.3 is 13.9 Å². The smallest absolute Gasteiger partial charge is 0.218 e. The zero-order valence-electron chi connectivity index (χ0n) is 13.5. The van der Waals surface area contributed by atoms with E-state index in [2.05, 4.69) is 49.8 Å². The number of rotatable bonds is 4. The van der Waals surface area contributed by atoms with E-state index in [9.17, 15) is 0 Å². The van der Waals surface area contributed by atoms with Gasteiger partial charge in [0.15, 0.2) is 8.32 Å². The fraction of sp³-hybridized carbons (Fsp3) is 0.625. The monoisotopic (exact) mass is 372 g/mol. The van der Waals surface area contributed by atoms with Crippen molar-refractivity contribution in [3.8, 4) is 0 Å². The third-order valence-electron chi connectivity index (χ3n) is 4.47. The van der Waals surface area contributed by atoms with Crippen molar-refractivity contribution in [2.45, 2.75) is 44.7 Å². The van der Waals surface area contributed by atoms with Gasteiger partial charge in [0.05, 0.1) is 19.8 Å². The average Bonchev–Trinajstić information content (AvgIpc) is 2.86. The minimum Gasteiger partial charge on any atom is -0.411 e. The molecule has 0 aromatic heterocycles. The SMILES string of the molecule is CC(C)(C)[Si](C)(C)OCC1(c2ccc(Br)cc2)OCCO1. The van der Waals surface area contributed by atoms with Crippen LogP contribution in [0, 0.1) is 0 Å². The van der Waals surface area contributed by atoms with Crippen LogP contribution in [0.3, 0.4) is 0 Å². The highest BCUT2D eigenvalue weighted by molar-refractivity contribution is 9.10. The maximum Gasteiger partial charge on any atom is 0.218 e. The van der Waals surface area contributed by atoms with Crippen molar-refractivity contribution in [3.05, 3.63) is 34.3 Å². The number of ether oxygens (including phenoxy) is 2. The fourth-order valence-corrected chi connectivity index (χ4v) is 3.23. The molecule has 2 rings (SSSR count).